The lowest BCUT2D eigenvalue weighted by atomic mass is 9.90. The van der Waals surface area contributed by atoms with Crippen LogP contribution in [0.3, 0.4) is 0 Å². The molecule has 0 radical (unpaired) electrons. The SMILES string of the molecule is CC(C)N1CCn2c(cc3c2CC(C)(C)C3)C1=O. The van der Waals surface area contributed by atoms with Crippen LogP contribution in [0.15, 0.2) is 6.07 Å². The number of fused-ring (bicyclic) bond motifs is 3. The maximum Gasteiger partial charge on any atom is 0.270 e. The van der Waals surface area contributed by atoms with Crippen LogP contribution in [0.4, 0.5) is 0 Å². The predicted octanol–water partition coefficient (Wildman–Crippen LogP) is 2.48. The second-order valence-corrected chi connectivity index (χ2v) is 6.76. The van der Waals surface area contributed by atoms with Crippen molar-refractivity contribution in [3.05, 3.63) is 23.0 Å². The molecular weight excluding hydrogens is 224 g/mol. The number of carbonyl (C=O) groups excluding carboxylic acids is 1. The second kappa shape index (κ2) is 3.62. The third-order valence-electron chi connectivity index (χ3n) is 4.28. The summed E-state index contributed by atoms with van der Waals surface area (Å²) in [6, 6.07) is 2.44. The summed E-state index contributed by atoms with van der Waals surface area (Å²) in [5, 5.41) is 0. The number of hydrogen-bond acceptors (Lipinski definition) is 1. The molecule has 98 valence electrons. The van der Waals surface area contributed by atoms with Gasteiger partial charge in [0.1, 0.15) is 5.69 Å². The van der Waals surface area contributed by atoms with Crippen molar-refractivity contribution in [3.8, 4) is 0 Å². The maximum absolute atomic E-state index is 12.4. The monoisotopic (exact) mass is 246 g/mol. The van der Waals surface area contributed by atoms with E-state index in [2.05, 4.69) is 38.3 Å². The Labute approximate surface area is 109 Å². The molecule has 0 atom stereocenters. The molecule has 1 aromatic rings. The standard InChI is InChI=1S/C15H22N2O/c1-10(2)16-5-6-17-12(14(16)18)7-11-8-15(3,4)9-13(11)17/h7,10H,5-6,8-9H2,1-4H3. The molecule has 1 aliphatic carbocycles. The van der Waals surface area contributed by atoms with Crippen molar-refractivity contribution in [3.63, 3.8) is 0 Å². The first-order chi connectivity index (χ1) is 8.39. The van der Waals surface area contributed by atoms with Crippen LogP contribution in [0.25, 0.3) is 0 Å². The van der Waals surface area contributed by atoms with Gasteiger partial charge in [-0.2, -0.15) is 0 Å². The Hall–Kier alpha value is -1.25. The molecular formula is C15H22N2O. The summed E-state index contributed by atoms with van der Waals surface area (Å²) in [5.41, 5.74) is 4.08. The summed E-state index contributed by atoms with van der Waals surface area (Å²) in [6.45, 7) is 10.6. The summed E-state index contributed by atoms with van der Waals surface area (Å²) in [7, 11) is 0. The van der Waals surface area contributed by atoms with E-state index in [1.807, 2.05) is 4.90 Å². The Bertz CT molecular complexity index is 511. The highest BCUT2D eigenvalue weighted by Crippen LogP contribution is 2.39. The molecule has 0 saturated carbocycles. The summed E-state index contributed by atoms with van der Waals surface area (Å²) in [4.78, 5) is 14.4. The van der Waals surface area contributed by atoms with Crippen molar-refractivity contribution < 1.29 is 4.79 Å². The molecule has 0 bridgehead atoms. The van der Waals surface area contributed by atoms with Gasteiger partial charge in [0, 0.05) is 24.8 Å². The molecule has 2 heterocycles. The molecule has 0 spiro atoms. The number of hydrogen-bond donors (Lipinski definition) is 0. The van der Waals surface area contributed by atoms with E-state index >= 15 is 0 Å². The number of amides is 1. The lowest BCUT2D eigenvalue weighted by molar-refractivity contribution is 0.0647. The van der Waals surface area contributed by atoms with Gasteiger partial charge >= 0.3 is 0 Å². The lowest BCUT2D eigenvalue weighted by Crippen LogP contribution is -2.44. The smallest absolute Gasteiger partial charge is 0.270 e. The van der Waals surface area contributed by atoms with E-state index in [1.165, 1.54) is 11.3 Å². The lowest BCUT2D eigenvalue weighted by Gasteiger charge is -2.32. The van der Waals surface area contributed by atoms with E-state index in [0.717, 1.165) is 31.6 Å². The Kier molecular flexibility index (Phi) is 2.38. The summed E-state index contributed by atoms with van der Waals surface area (Å²) >= 11 is 0. The zero-order chi connectivity index (χ0) is 13.1. The molecule has 18 heavy (non-hydrogen) atoms. The van der Waals surface area contributed by atoms with Crippen LogP contribution in [0.1, 0.15) is 49.4 Å². The molecule has 1 amide bonds. The minimum absolute atomic E-state index is 0.212. The third-order valence-corrected chi connectivity index (χ3v) is 4.28. The highest BCUT2D eigenvalue weighted by atomic mass is 16.2. The Balaban J connectivity index is 1.99. The molecule has 0 fully saturated rings. The van der Waals surface area contributed by atoms with Crippen LogP contribution in [0.2, 0.25) is 0 Å². The molecule has 3 heteroatoms. The maximum atomic E-state index is 12.4. The molecule has 3 nitrogen and oxygen atoms in total. The first-order valence-corrected chi connectivity index (χ1v) is 6.91. The zero-order valence-corrected chi connectivity index (χ0v) is 11.8. The Morgan fingerprint density at radius 3 is 2.61 bits per heavy atom. The van der Waals surface area contributed by atoms with Crippen LogP contribution >= 0.6 is 0 Å². The third kappa shape index (κ3) is 1.60. The second-order valence-electron chi connectivity index (χ2n) is 6.76. The van der Waals surface area contributed by atoms with Crippen LogP contribution in [-0.2, 0) is 19.4 Å². The molecule has 3 rings (SSSR count). The van der Waals surface area contributed by atoms with Crippen molar-refractivity contribution in [2.45, 2.75) is 53.1 Å². The van der Waals surface area contributed by atoms with Gasteiger partial charge in [-0.05, 0) is 43.7 Å². The van der Waals surface area contributed by atoms with Gasteiger partial charge in [-0.15, -0.1) is 0 Å². The summed E-state index contributed by atoms with van der Waals surface area (Å²) < 4.78 is 2.27. The number of carbonyl (C=O) groups is 1. The van der Waals surface area contributed by atoms with Gasteiger partial charge in [0.25, 0.3) is 5.91 Å². The zero-order valence-electron chi connectivity index (χ0n) is 11.8. The minimum atomic E-state index is 0.212. The highest BCUT2D eigenvalue weighted by molar-refractivity contribution is 5.94. The molecule has 0 aromatic carbocycles. The molecule has 0 unspecified atom stereocenters. The fourth-order valence-corrected chi connectivity index (χ4v) is 3.42. The molecule has 0 saturated heterocycles. The average molecular weight is 246 g/mol. The molecule has 1 aliphatic heterocycles. The van der Waals surface area contributed by atoms with Crippen molar-refractivity contribution in [2.24, 2.45) is 5.41 Å². The van der Waals surface area contributed by atoms with Crippen molar-refractivity contribution in [1.82, 2.24) is 9.47 Å². The molecule has 1 aromatic heterocycles. The predicted molar refractivity (Wildman–Crippen MR) is 71.8 cm³/mol. The first-order valence-electron chi connectivity index (χ1n) is 6.91. The minimum Gasteiger partial charge on any atom is -0.339 e. The topological polar surface area (TPSA) is 25.2 Å². The van der Waals surface area contributed by atoms with Gasteiger partial charge in [-0.25, -0.2) is 0 Å². The first kappa shape index (κ1) is 11.8. The molecule has 2 aliphatic rings. The fourth-order valence-electron chi connectivity index (χ4n) is 3.42. The number of nitrogens with zero attached hydrogens (tertiary/aromatic N) is 2. The Morgan fingerprint density at radius 1 is 1.22 bits per heavy atom. The van der Waals surface area contributed by atoms with E-state index < -0.39 is 0 Å². The van der Waals surface area contributed by atoms with Crippen LogP contribution in [0.5, 0.6) is 0 Å². The van der Waals surface area contributed by atoms with Crippen LogP contribution in [-0.4, -0.2) is 28.0 Å². The van der Waals surface area contributed by atoms with Gasteiger partial charge in [-0.1, -0.05) is 13.8 Å². The number of aromatic nitrogens is 1. The number of rotatable bonds is 1. The molecule has 0 N–H and O–H groups in total. The quantitative estimate of drug-likeness (QED) is 0.747. The fraction of sp³-hybridized carbons (Fsp3) is 0.667. The van der Waals surface area contributed by atoms with Gasteiger partial charge < -0.3 is 9.47 Å². The van der Waals surface area contributed by atoms with Gasteiger partial charge in [0.05, 0.1) is 0 Å². The van der Waals surface area contributed by atoms with Gasteiger partial charge in [-0.3, -0.25) is 4.79 Å². The van der Waals surface area contributed by atoms with Crippen LogP contribution in [0, 0.1) is 5.41 Å². The highest BCUT2D eigenvalue weighted by Gasteiger charge is 2.36. The van der Waals surface area contributed by atoms with E-state index in [4.69, 9.17) is 0 Å². The summed E-state index contributed by atoms with van der Waals surface area (Å²) in [5.74, 6) is 0.212. The van der Waals surface area contributed by atoms with Crippen molar-refractivity contribution >= 4 is 5.91 Å². The van der Waals surface area contributed by atoms with Gasteiger partial charge in [0.2, 0.25) is 0 Å². The average Bonchev–Trinajstić information content (AvgIpc) is 2.71. The normalized spacial score (nSPS) is 21.4. The Morgan fingerprint density at radius 2 is 1.94 bits per heavy atom. The van der Waals surface area contributed by atoms with E-state index in [0.29, 0.717) is 11.5 Å². The largest absolute Gasteiger partial charge is 0.339 e. The van der Waals surface area contributed by atoms with Crippen LogP contribution < -0.4 is 0 Å². The van der Waals surface area contributed by atoms with Crippen molar-refractivity contribution in [1.29, 1.82) is 0 Å². The van der Waals surface area contributed by atoms with E-state index in [1.54, 1.807) is 0 Å². The van der Waals surface area contributed by atoms with Crippen molar-refractivity contribution in [2.75, 3.05) is 6.54 Å². The van der Waals surface area contributed by atoms with E-state index in [9.17, 15) is 4.79 Å². The van der Waals surface area contributed by atoms with E-state index in [-0.39, 0.29) is 5.91 Å². The summed E-state index contributed by atoms with van der Waals surface area (Å²) in [6.07, 6.45) is 2.22. The van der Waals surface area contributed by atoms with Gasteiger partial charge in [0.15, 0.2) is 0 Å².